The van der Waals surface area contributed by atoms with Gasteiger partial charge in [-0.2, -0.15) is 0 Å². The van der Waals surface area contributed by atoms with Gasteiger partial charge in [-0.25, -0.2) is 4.79 Å². The first-order chi connectivity index (χ1) is 8.74. The molecule has 18 heavy (non-hydrogen) atoms. The lowest BCUT2D eigenvalue weighted by molar-refractivity contribution is 0.200. The van der Waals surface area contributed by atoms with Gasteiger partial charge in [0.25, 0.3) is 0 Å². The molecule has 2 fully saturated rings. The fourth-order valence-electron chi connectivity index (χ4n) is 2.78. The zero-order chi connectivity index (χ0) is 12.5. The molecule has 1 heterocycles. The molecule has 1 aromatic rings. The maximum Gasteiger partial charge on any atom is 0.322 e. The molecule has 1 aromatic carbocycles. The van der Waals surface area contributed by atoms with E-state index in [1.54, 1.807) is 12.1 Å². The van der Waals surface area contributed by atoms with Crippen LogP contribution in [0.5, 0.6) is 0 Å². The summed E-state index contributed by atoms with van der Waals surface area (Å²) >= 11 is 5.91. The molecular weight excluding hydrogens is 248 g/mol. The van der Waals surface area contributed by atoms with Crippen LogP contribution >= 0.6 is 11.6 Å². The van der Waals surface area contributed by atoms with E-state index < -0.39 is 0 Å². The number of likely N-dealkylation sites (tertiary alicyclic amines) is 1. The van der Waals surface area contributed by atoms with Crippen LogP contribution in [0.25, 0.3) is 0 Å². The lowest BCUT2D eigenvalue weighted by atomic mass is 10.1. The van der Waals surface area contributed by atoms with E-state index >= 15 is 0 Å². The van der Waals surface area contributed by atoms with Crippen LogP contribution in [0.15, 0.2) is 24.3 Å². The molecule has 0 bridgehead atoms. The monoisotopic (exact) mass is 264 g/mol. The third-order valence-electron chi connectivity index (χ3n) is 3.80. The van der Waals surface area contributed by atoms with E-state index in [4.69, 9.17) is 11.6 Å². The molecule has 3 nitrogen and oxygen atoms in total. The molecule has 4 heteroatoms. The number of rotatable bonds is 2. The highest BCUT2D eigenvalue weighted by molar-refractivity contribution is 6.30. The molecule has 0 aromatic heterocycles. The van der Waals surface area contributed by atoms with E-state index in [1.807, 2.05) is 17.0 Å². The lowest BCUT2D eigenvalue weighted by Gasteiger charge is -2.24. The maximum atomic E-state index is 12.2. The van der Waals surface area contributed by atoms with E-state index in [2.05, 4.69) is 5.32 Å². The third kappa shape index (κ3) is 2.46. The van der Waals surface area contributed by atoms with Crippen molar-refractivity contribution in [2.24, 2.45) is 5.92 Å². The molecule has 0 spiro atoms. The average Bonchev–Trinajstić information content (AvgIpc) is 3.06. The summed E-state index contributed by atoms with van der Waals surface area (Å²) in [6.07, 6.45) is 4.86. The predicted octanol–water partition coefficient (Wildman–Crippen LogP) is 3.75. The first kappa shape index (κ1) is 11.8. The molecule has 1 aliphatic carbocycles. The van der Waals surface area contributed by atoms with Crippen LogP contribution in [0, 0.1) is 5.92 Å². The fraction of sp³-hybridized carbons (Fsp3) is 0.500. The Bertz CT molecular complexity index is 459. The number of hydrogen-bond acceptors (Lipinski definition) is 1. The van der Waals surface area contributed by atoms with Gasteiger partial charge in [-0.15, -0.1) is 0 Å². The van der Waals surface area contributed by atoms with Crippen LogP contribution < -0.4 is 5.32 Å². The van der Waals surface area contributed by atoms with Crippen molar-refractivity contribution >= 4 is 23.3 Å². The second-order valence-electron chi connectivity index (χ2n) is 5.18. The predicted molar refractivity (Wildman–Crippen MR) is 72.9 cm³/mol. The van der Waals surface area contributed by atoms with Gasteiger partial charge >= 0.3 is 6.03 Å². The van der Waals surface area contributed by atoms with Gasteiger partial charge in [-0.3, -0.25) is 0 Å². The highest BCUT2D eigenvalue weighted by atomic mass is 35.5. The van der Waals surface area contributed by atoms with E-state index in [9.17, 15) is 4.79 Å². The SMILES string of the molecule is O=C(Nc1cccc(Cl)c1)N1CCCC1C1CC1. The maximum absolute atomic E-state index is 12.2. The molecule has 1 atom stereocenters. The van der Waals surface area contributed by atoms with E-state index in [0.717, 1.165) is 31.0 Å². The van der Waals surface area contributed by atoms with Crippen molar-refractivity contribution in [1.29, 1.82) is 0 Å². The molecule has 2 amide bonds. The normalized spacial score (nSPS) is 23.2. The Labute approximate surface area is 112 Å². The Hall–Kier alpha value is -1.22. The molecule has 1 saturated carbocycles. The van der Waals surface area contributed by atoms with Gasteiger partial charge in [-0.1, -0.05) is 17.7 Å². The largest absolute Gasteiger partial charge is 0.322 e. The summed E-state index contributed by atoms with van der Waals surface area (Å²) in [5.41, 5.74) is 0.772. The number of nitrogens with zero attached hydrogens (tertiary/aromatic N) is 1. The van der Waals surface area contributed by atoms with Crippen molar-refractivity contribution in [3.05, 3.63) is 29.3 Å². The Morgan fingerprint density at radius 1 is 1.33 bits per heavy atom. The minimum atomic E-state index is 0.0201. The number of amides is 2. The number of benzene rings is 1. The highest BCUT2D eigenvalue weighted by Crippen LogP contribution is 2.40. The number of hydrogen-bond donors (Lipinski definition) is 1. The summed E-state index contributed by atoms with van der Waals surface area (Å²) in [6.45, 7) is 0.883. The molecule has 1 saturated heterocycles. The molecule has 3 rings (SSSR count). The smallest absolute Gasteiger partial charge is 0.321 e. The van der Waals surface area contributed by atoms with Gasteiger partial charge in [0.2, 0.25) is 0 Å². The van der Waals surface area contributed by atoms with Crippen molar-refractivity contribution in [3.8, 4) is 0 Å². The van der Waals surface area contributed by atoms with Gasteiger partial charge in [0, 0.05) is 23.3 Å². The fourth-order valence-corrected chi connectivity index (χ4v) is 2.97. The minimum Gasteiger partial charge on any atom is -0.321 e. The van der Waals surface area contributed by atoms with Crippen molar-refractivity contribution in [3.63, 3.8) is 0 Å². The van der Waals surface area contributed by atoms with E-state index in [1.165, 1.54) is 12.8 Å². The molecule has 1 unspecified atom stereocenters. The lowest BCUT2D eigenvalue weighted by Crippen LogP contribution is -2.39. The van der Waals surface area contributed by atoms with Crippen molar-refractivity contribution in [2.45, 2.75) is 31.7 Å². The molecule has 1 N–H and O–H groups in total. The Morgan fingerprint density at radius 3 is 2.89 bits per heavy atom. The van der Waals surface area contributed by atoms with Crippen LogP contribution in [0.1, 0.15) is 25.7 Å². The minimum absolute atomic E-state index is 0.0201. The zero-order valence-electron chi connectivity index (χ0n) is 10.2. The third-order valence-corrected chi connectivity index (χ3v) is 4.04. The Morgan fingerprint density at radius 2 is 2.17 bits per heavy atom. The average molecular weight is 265 g/mol. The molecule has 2 aliphatic rings. The number of carbonyl (C=O) groups is 1. The first-order valence-corrected chi connectivity index (χ1v) is 6.95. The molecular formula is C14H17ClN2O. The van der Waals surface area contributed by atoms with Crippen LogP contribution in [0.3, 0.4) is 0 Å². The zero-order valence-corrected chi connectivity index (χ0v) is 11.0. The van der Waals surface area contributed by atoms with E-state index in [0.29, 0.717) is 11.1 Å². The van der Waals surface area contributed by atoms with Crippen LogP contribution in [-0.4, -0.2) is 23.5 Å². The quantitative estimate of drug-likeness (QED) is 0.867. The standard InChI is InChI=1S/C14H17ClN2O/c15-11-3-1-4-12(9-11)16-14(18)17-8-2-5-13(17)10-6-7-10/h1,3-4,9-10,13H,2,5-8H2,(H,16,18). The molecule has 1 aliphatic heterocycles. The summed E-state index contributed by atoms with van der Waals surface area (Å²) in [5.74, 6) is 0.748. The van der Waals surface area contributed by atoms with Gasteiger partial charge in [0.1, 0.15) is 0 Å². The number of halogens is 1. The van der Waals surface area contributed by atoms with Crippen LogP contribution in [0.2, 0.25) is 5.02 Å². The Kier molecular flexibility index (Phi) is 3.16. The highest BCUT2D eigenvalue weighted by Gasteiger charge is 2.39. The number of anilines is 1. The number of urea groups is 1. The topological polar surface area (TPSA) is 32.3 Å². The van der Waals surface area contributed by atoms with Crippen molar-refractivity contribution in [2.75, 3.05) is 11.9 Å². The number of nitrogens with one attached hydrogen (secondary N) is 1. The van der Waals surface area contributed by atoms with Crippen molar-refractivity contribution < 1.29 is 4.79 Å². The van der Waals surface area contributed by atoms with Crippen LogP contribution in [0.4, 0.5) is 10.5 Å². The van der Waals surface area contributed by atoms with Crippen molar-refractivity contribution in [1.82, 2.24) is 4.90 Å². The van der Waals surface area contributed by atoms with Gasteiger partial charge in [0.05, 0.1) is 0 Å². The summed E-state index contributed by atoms with van der Waals surface area (Å²) in [4.78, 5) is 14.2. The second kappa shape index (κ2) is 4.81. The van der Waals surface area contributed by atoms with Crippen LogP contribution in [-0.2, 0) is 0 Å². The summed E-state index contributed by atoms with van der Waals surface area (Å²) < 4.78 is 0. The molecule has 0 radical (unpaired) electrons. The van der Waals surface area contributed by atoms with E-state index in [-0.39, 0.29) is 6.03 Å². The van der Waals surface area contributed by atoms with Gasteiger partial charge < -0.3 is 10.2 Å². The second-order valence-corrected chi connectivity index (χ2v) is 5.62. The first-order valence-electron chi connectivity index (χ1n) is 6.57. The Balaban J connectivity index is 1.67. The van der Waals surface area contributed by atoms with Gasteiger partial charge in [-0.05, 0) is 49.8 Å². The summed E-state index contributed by atoms with van der Waals surface area (Å²) in [7, 11) is 0. The van der Waals surface area contributed by atoms with Gasteiger partial charge in [0.15, 0.2) is 0 Å². The molecule has 96 valence electrons. The summed E-state index contributed by atoms with van der Waals surface area (Å²) in [6, 6.07) is 7.78. The number of carbonyl (C=O) groups excluding carboxylic acids is 1. The summed E-state index contributed by atoms with van der Waals surface area (Å²) in [5, 5.41) is 3.59.